The topological polar surface area (TPSA) is 73.2 Å². The normalized spacial score (nSPS) is 18.1. The van der Waals surface area contributed by atoms with Crippen LogP contribution < -0.4 is 5.32 Å². The Morgan fingerprint density at radius 1 is 1.82 bits per heavy atom. The Hall–Kier alpha value is -0.970. The van der Waals surface area contributed by atoms with Gasteiger partial charge in [-0.25, -0.2) is 0 Å². The summed E-state index contributed by atoms with van der Waals surface area (Å²) in [6.45, 7) is 1.57. The molecule has 0 unspecified atom stereocenters. The first kappa shape index (κ1) is 8.13. The third-order valence-electron chi connectivity index (χ3n) is 1.31. The zero-order valence-corrected chi connectivity index (χ0v) is 6.79. The number of aliphatic hydroxyl groups excluding tert-OH is 1. The van der Waals surface area contributed by atoms with Gasteiger partial charge in [0, 0.05) is 17.0 Å². The predicted octanol–water partition coefficient (Wildman–Crippen LogP) is 1.25. The van der Waals surface area contributed by atoms with Crippen LogP contribution in [0, 0.1) is 5.41 Å². The monoisotopic (exact) mass is 172 g/mol. The molecule has 0 saturated carbocycles. The lowest BCUT2D eigenvalue weighted by atomic mass is 10.2. The Labute approximate surface area is 68.2 Å². The van der Waals surface area contributed by atoms with E-state index in [-0.39, 0.29) is 16.8 Å². The van der Waals surface area contributed by atoms with Gasteiger partial charge in [-0.3, -0.25) is 10.1 Å². The minimum Gasteiger partial charge on any atom is -0.494 e. The molecule has 0 atom stereocenters. The number of hydrogen-bond acceptors (Lipinski definition) is 4. The largest absolute Gasteiger partial charge is 0.494 e. The second-order valence-electron chi connectivity index (χ2n) is 2.15. The average Bonchev–Trinajstić information content (AvgIpc) is 1.85. The smallest absolute Gasteiger partial charge is 0.286 e. The molecule has 0 saturated heterocycles. The molecule has 1 aliphatic rings. The van der Waals surface area contributed by atoms with E-state index in [1.807, 2.05) is 0 Å². The van der Waals surface area contributed by atoms with Crippen molar-refractivity contribution >= 4 is 22.7 Å². The standard InChI is InChI=1S/C6H8N2O2S/c1-3(7)4-2-11-6(10)8-5(4)9/h7,9H,2H2,1H3,(H,8,10). The summed E-state index contributed by atoms with van der Waals surface area (Å²) in [7, 11) is 0. The maximum absolute atomic E-state index is 10.6. The Balaban J connectivity index is 2.86. The van der Waals surface area contributed by atoms with Crippen LogP contribution in [0.15, 0.2) is 11.5 Å². The Kier molecular flexibility index (Phi) is 2.19. The molecule has 1 rings (SSSR count). The first-order valence-corrected chi connectivity index (χ1v) is 4.01. The van der Waals surface area contributed by atoms with Gasteiger partial charge in [0.1, 0.15) is 0 Å². The lowest BCUT2D eigenvalue weighted by Crippen LogP contribution is -2.27. The summed E-state index contributed by atoms with van der Waals surface area (Å²) < 4.78 is 0. The van der Waals surface area contributed by atoms with Crippen molar-refractivity contribution in [3.05, 3.63) is 11.5 Å². The van der Waals surface area contributed by atoms with Gasteiger partial charge in [0.25, 0.3) is 5.24 Å². The van der Waals surface area contributed by atoms with Gasteiger partial charge in [0.05, 0.1) is 0 Å². The minimum atomic E-state index is -0.271. The van der Waals surface area contributed by atoms with E-state index in [0.717, 1.165) is 11.8 Å². The third kappa shape index (κ3) is 1.74. The molecule has 0 aromatic heterocycles. The fourth-order valence-corrected chi connectivity index (χ4v) is 1.50. The van der Waals surface area contributed by atoms with Gasteiger partial charge in [0.15, 0.2) is 5.88 Å². The molecule has 0 bridgehead atoms. The summed E-state index contributed by atoms with van der Waals surface area (Å²) in [5, 5.41) is 18.3. The lowest BCUT2D eigenvalue weighted by Gasteiger charge is -2.14. The van der Waals surface area contributed by atoms with Crippen LogP contribution in [0.1, 0.15) is 6.92 Å². The van der Waals surface area contributed by atoms with Gasteiger partial charge in [-0.2, -0.15) is 0 Å². The molecule has 0 aromatic carbocycles. The van der Waals surface area contributed by atoms with E-state index >= 15 is 0 Å². The fraction of sp³-hybridized carbons (Fsp3) is 0.333. The summed E-state index contributed by atoms with van der Waals surface area (Å²) in [4.78, 5) is 10.6. The van der Waals surface area contributed by atoms with E-state index in [0.29, 0.717) is 11.3 Å². The van der Waals surface area contributed by atoms with Gasteiger partial charge in [-0.15, -0.1) is 0 Å². The van der Waals surface area contributed by atoms with Crippen molar-refractivity contribution in [3.63, 3.8) is 0 Å². The van der Waals surface area contributed by atoms with Crippen LogP contribution >= 0.6 is 11.8 Å². The number of nitrogens with one attached hydrogen (secondary N) is 2. The van der Waals surface area contributed by atoms with Crippen LogP contribution in [-0.4, -0.2) is 21.8 Å². The zero-order chi connectivity index (χ0) is 8.43. The molecule has 0 aromatic rings. The van der Waals surface area contributed by atoms with Crippen molar-refractivity contribution in [1.82, 2.24) is 5.32 Å². The molecule has 0 aliphatic carbocycles. The van der Waals surface area contributed by atoms with Crippen molar-refractivity contribution in [1.29, 1.82) is 5.41 Å². The van der Waals surface area contributed by atoms with Crippen molar-refractivity contribution in [2.75, 3.05) is 5.75 Å². The second kappa shape index (κ2) is 2.96. The van der Waals surface area contributed by atoms with Crippen LogP contribution in [0.4, 0.5) is 4.79 Å². The third-order valence-corrected chi connectivity index (χ3v) is 2.10. The van der Waals surface area contributed by atoms with E-state index in [9.17, 15) is 4.79 Å². The van der Waals surface area contributed by atoms with Gasteiger partial charge in [-0.1, -0.05) is 11.8 Å². The molecule has 5 heteroatoms. The van der Waals surface area contributed by atoms with Crippen molar-refractivity contribution < 1.29 is 9.90 Å². The Morgan fingerprint density at radius 2 is 2.45 bits per heavy atom. The first-order chi connectivity index (χ1) is 5.11. The molecule has 1 heterocycles. The molecule has 0 fully saturated rings. The number of hydrogen-bond donors (Lipinski definition) is 3. The fourth-order valence-electron chi connectivity index (χ4n) is 0.700. The molecule has 1 aliphatic heterocycles. The molecule has 0 spiro atoms. The van der Waals surface area contributed by atoms with Crippen molar-refractivity contribution in [2.24, 2.45) is 0 Å². The number of thioether (sulfide) groups is 1. The van der Waals surface area contributed by atoms with E-state index in [1.165, 1.54) is 0 Å². The van der Waals surface area contributed by atoms with Gasteiger partial charge < -0.3 is 10.5 Å². The SMILES string of the molecule is CC(=N)C1=C(O)NC(=O)SC1. The van der Waals surface area contributed by atoms with Crippen LogP contribution in [0.25, 0.3) is 0 Å². The minimum absolute atomic E-state index is 0.179. The molecule has 3 N–H and O–H groups in total. The summed E-state index contributed by atoms with van der Waals surface area (Å²) in [5.74, 6) is 0.203. The second-order valence-corrected chi connectivity index (χ2v) is 3.10. The summed E-state index contributed by atoms with van der Waals surface area (Å²) in [6, 6.07) is 0. The summed E-state index contributed by atoms with van der Waals surface area (Å²) in [5.41, 5.74) is 0.782. The highest BCUT2D eigenvalue weighted by Crippen LogP contribution is 2.17. The van der Waals surface area contributed by atoms with E-state index in [1.54, 1.807) is 6.92 Å². The van der Waals surface area contributed by atoms with Gasteiger partial charge in [0.2, 0.25) is 0 Å². The molecule has 0 radical (unpaired) electrons. The maximum Gasteiger partial charge on any atom is 0.286 e. The van der Waals surface area contributed by atoms with Gasteiger partial charge in [-0.05, 0) is 6.92 Å². The first-order valence-electron chi connectivity index (χ1n) is 3.02. The highest BCUT2D eigenvalue weighted by atomic mass is 32.2. The lowest BCUT2D eigenvalue weighted by molar-refractivity contribution is 0.255. The number of rotatable bonds is 1. The van der Waals surface area contributed by atoms with Crippen LogP contribution in [0.2, 0.25) is 0 Å². The zero-order valence-electron chi connectivity index (χ0n) is 5.97. The molecule has 11 heavy (non-hydrogen) atoms. The highest BCUT2D eigenvalue weighted by molar-refractivity contribution is 8.13. The quantitative estimate of drug-likeness (QED) is 0.521. The predicted molar refractivity (Wildman–Crippen MR) is 44.0 cm³/mol. The molecular formula is C6H8N2O2S. The van der Waals surface area contributed by atoms with E-state index in [4.69, 9.17) is 10.5 Å². The molecule has 1 amide bonds. The van der Waals surface area contributed by atoms with Crippen LogP contribution in [0.5, 0.6) is 0 Å². The average molecular weight is 172 g/mol. The Morgan fingerprint density at radius 3 is 2.91 bits per heavy atom. The van der Waals surface area contributed by atoms with E-state index < -0.39 is 0 Å². The maximum atomic E-state index is 10.6. The summed E-state index contributed by atoms with van der Waals surface area (Å²) in [6.07, 6.45) is 0. The number of amides is 1. The van der Waals surface area contributed by atoms with Crippen LogP contribution in [0.3, 0.4) is 0 Å². The van der Waals surface area contributed by atoms with Crippen molar-refractivity contribution in [3.8, 4) is 0 Å². The molecular weight excluding hydrogens is 164 g/mol. The van der Waals surface area contributed by atoms with Gasteiger partial charge >= 0.3 is 0 Å². The molecule has 4 nitrogen and oxygen atoms in total. The van der Waals surface area contributed by atoms with Crippen LogP contribution in [-0.2, 0) is 0 Å². The highest BCUT2D eigenvalue weighted by Gasteiger charge is 2.18. The molecule has 60 valence electrons. The number of carbonyl (C=O) groups is 1. The van der Waals surface area contributed by atoms with E-state index in [2.05, 4.69) is 5.32 Å². The number of carbonyl (C=O) groups excluding carboxylic acids is 1. The Bertz CT molecular complexity index is 247. The number of aliphatic hydroxyl groups is 1. The summed E-state index contributed by atoms with van der Waals surface area (Å²) >= 11 is 1.05. The van der Waals surface area contributed by atoms with Crippen molar-refractivity contribution in [2.45, 2.75) is 6.92 Å².